The van der Waals surface area contributed by atoms with E-state index < -0.39 is 0 Å². The van der Waals surface area contributed by atoms with Crippen molar-refractivity contribution in [3.8, 4) is 0 Å². The van der Waals surface area contributed by atoms with Gasteiger partial charge >= 0.3 is 0 Å². The third-order valence-electron chi connectivity index (χ3n) is 1.93. The highest BCUT2D eigenvalue weighted by Gasteiger charge is 2.07. The van der Waals surface area contributed by atoms with Crippen LogP contribution in [0.2, 0.25) is 0 Å². The second kappa shape index (κ2) is 4.13. The van der Waals surface area contributed by atoms with Crippen LogP contribution >= 0.6 is 0 Å². The number of rotatable bonds is 4. The van der Waals surface area contributed by atoms with E-state index in [1.807, 2.05) is 12.1 Å². The standard InChI is InChI=1S/C11H11NO3/c1-8(13)5-9-7-15-11(12-9)6-10-3-2-4-14-10/h2-4,7H,5-6H2,1H3. The Morgan fingerprint density at radius 3 is 3.00 bits per heavy atom. The van der Waals surface area contributed by atoms with E-state index in [2.05, 4.69) is 4.98 Å². The van der Waals surface area contributed by atoms with Crippen molar-refractivity contribution in [2.24, 2.45) is 0 Å². The van der Waals surface area contributed by atoms with Gasteiger partial charge in [0.2, 0.25) is 5.89 Å². The Kier molecular flexibility index (Phi) is 2.67. The normalized spacial score (nSPS) is 10.5. The lowest BCUT2D eigenvalue weighted by Gasteiger charge is -1.89. The van der Waals surface area contributed by atoms with Gasteiger partial charge in [-0.15, -0.1) is 0 Å². The van der Waals surface area contributed by atoms with Crippen LogP contribution in [0.1, 0.15) is 24.3 Å². The molecule has 78 valence electrons. The molecule has 0 unspecified atom stereocenters. The predicted molar refractivity (Wildman–Crippen MR) is 52.4 cm³/mol. The molecule has 15 heavy (non-hydrogen) atoms. The minimum atomic E-state index is 0.0767. The zero-order chi connectivity index (χ0) is 10.7. The lowest BCUT2D eigenvalue weighted by atomic mass is 10.2. The fourth-order valence-electron chi connectivity index (χ4n) is 1.33. The van der Waals surface area contributed by atoms with Crippen molar-refractivity contribution >= 4 is 5.78 Å². The Morgan fingerprint density at radius 1 is 1.47 bits per heavy atom. The predicted octanol–water partition coefficient (Wildman–Crippen LogP) is 1.99. The molecule has 2 rings (SSSR count). The highest BCUT2D eigenvalue weighted by Crippen LogP contribution is 2.10. The van der Waals surface area contributed by atoms with Gasteiger partial charge in [0, 0.05) is 0 Å². The summed E-state index contributed by atoms with van der Waals surface area (Å²) in [5, 5.41) is 0. The fourth-order valence-corrected chi connectivity index (χ4v) is 1.33. The van der Waals surface area contributed by atoms with Crippen LogP contribution in [0.5, 0.6) is 0 Å². The van der Waals surface area contributed by atoms with E-state index >= 15 is 0 Å². The molecule has 0 saturated heterocycles. The SMILES string of the molecule is CC(=O)Cc1coc(Cc2ccco2)n1. The maximum absolute atomic E-state index is 10.8. The number of oxazole rings is 1. The first-order valence-corrected chi connectivity index (χ1v) is 4.69. The van der Waals surface area contributed by atoms with Crippen molar-refractivity contribution < 1.29 is 13.6 Å². The number of nitrogens with zero attached hydrogens (tertiary/aromatic N) is 1. The van der Waals surface area contributed by atoms with Gasteiger partial charge in [-0.3, -0.25) is 4.79 Å². The number of Topliss-reactive ketones (excluding diaryl/α,β-unsaturated/α-hetero) is 1. The van der Waals surface area contributed by atoms with E-state index in [4.69, 9.17) is 8.83 Å². The van der Waals surface area contributed by atoms with Crippen molar-refractivity contribution in [3.63, 3.8) is 0 Å². The molecule has 0 atom stereocenters. The van der Waals surface area contributed by atoms with E-state index in [0.29, 0.717) is 24.4 Å². The molecular weight excluding hydrogens is 194 g/mol. The zero-order valence-corrected chi connectivity index (χ0v) is 8.40. The molecule has 0 aromatic carbocycles. The first kappa shape index (κ1) is 9.71. The molecule has 0 bridgehead atoms. The molecule has 0 saturated carbocycles. The summed E-state index contributed by atoms with van der Waals surface area (Å²) in [6.07, 6.45) is 3.96. The van der Waals surface area contributed by atoms with Gasteiger partial charge in [-0.05, 0) is 19.1 Å². The summed E-state index contributed by atoms with van der Waals surface area (Å²) in [6.45, 7) is 1.53. The van der Waals surface area contributed by atoms with Crippen molar-refractivity contribution in [2.45, 2.75) is 19.8 Å². The molecule has 0 aliphatic rings. The van der Waals surface area contributed by atoms with Crippen LogP contribution in [0.25, 0.3) is 0 Å². The lowest BCUT2D eigenvalue weighted by Crippen LogP contribution is -1.96. The molecule has 4 nitrogen and oxygen atoms in total. The third kappa shape index (κ3) is 2.56. The maximum Gasteiger partial charge on any atom is 0.201 e. The van der Waals surface area contributed by atoms with Gasteiger partial charge in [-0.1, -0.05) is 0 Å². The summed E-state index contributed by atoms with van der Waals surface area (Å²) in [5.74, 6) is 1.44. The number of hydrogen-bond donors (Lipinski definition) is 0. The molecule has 2 aromatic rings. The Hall–Kier alpha value is -1.84. The van der Waals surface area contributed by atoms with Crippen molar-refractivity contribution in [3.05, 3.63) is 42.0 Å². The molecular formula is C11H11NO3. The molecule has 0 radical (unpaired) electrons. The van der Waals surface area contributed by atoms with E-state index in [1.54, 1.807) is 6.26 Å². The molecule has 0 spiro atoms. The van der Waals surface area contributed by atoms with Gasteiger partial charge in [0.1, 0.15) is 17.8 Å². The number of carbonyl (C=O) groups is 1. The van der Waals surface area contributed by atoms with Crippen LogP contribution < -0.4 is 0 Å². The molecule has 0 aliphatic carbocycles. The Balaban J connectivity index is 2.04. The second-order valence-corrected chi connectivity index (χ2v) is 3.37. The first-order valence-electron chi connectivity index (χ1n) is 4.69. The molecule has 0 aliphatic heterocycles. The smallest absolute Gasteiger partial charge is 0.201 e. The van der Waals surface area contributed by atoms with Crippen molar-refractivity contribution in [1.82, 2.24) is 4.98 Å². The van der Waals surface area contributed by atoms with Gasteiger partial charge in [-0.2, -0.15) is 0 Å². The van der Waals surface area contributed by atoms with Gasteiger partial charge in [0.25, 0.3) is 0 Å². The minimum absolute atomic E-state index is 0.0767. The van der Waals surface area contributed by atoms with Crippen LogP contribution in [0.3, 0.4) is 0 Å². The van der Waals surface area contributed by atoms with Crippen LogP contribution in [0.4, 0.5) is 0 Å². The summed E-state index contributed by atoms with van der Waals surface area (Å²) >= 11 is 0. The summed E-state index contributed by atoms with van der Waals surface area (Å²) in [7, 11) is 0. The Labute approximate surface area is 86.9 Å². The van der Waals surface area contributed by atoms with E-state index in [0.717, 1.165) is 5.76 Å². The maximum atomic E-state index is 10.8. The topological polar surface area (TPSA) is 56.2 Å². The van der Waals surface area contributed by atoms with Crippen molar-refractivity contribution in [1.29, 1.82) is 0 Å². The van der Waals surface area contributed by atoms with Gasteiger partial charge in [-0.25, -0.2) is 4.98 Å². The first-order chi connectivity index (χ1) is 7.24. The highest BCUT2D eigenvalue weighted by molar-refractivity contribution is 5.77. The van der Waals surface area contributed by atoms with Crippen LogP contribution in [-0.4, -0.2) is 10.8 Å². The quantitative estimate of drug-likeness (QED) is 0.765. The average Bonchev–Trinajstić information content (AvgIpc) is 2.77. The molecule has 2 heterocycles. The largest absolute Gasteiger partial charge is 0.469 e. The summed E-state index contributed by atoms with van der Waals surface area (Å²) in [4.78, 5) is 15.0. The summed E-state index contributed by atoms with van der Waals surface area (Å²) in [5.41, 5.74) is 0.670. The second-order valence-electron chi connectivity index (χ2n) is 3.37. The van der Waals surface area contributed by atoms with Gasteiger partial charge < -0.3 is 8.83 Å². The number of aromatic nitrogens is 1. The van der Waals surface area contributed by atoms with Gasteiger partial charge in [0.05, 0.1) is 24.8 Å². The summed E-state index contributed by atoms with van der Waals surface area (Å²) in [6, 6.07) is 3.67. The van der Waals surface area contributed by atoms with Crippen molar-refractivity contribution in [2.75, 3.05) is 0 Å². The Morgan fingerprint density at radius 2 is 2.33 bits per heavy atom. The number of hydrogen-bond acceptors (Lipinski definition) is 4. The molecule has 0 amide bonds. The van der Waals surface area contributed by atoms with E-state index in [9.17, 15) is 4.79 Å². The summed E-state index contributed by atoms with van der Waals surface area (Å²) < 4.78 is 10.4. The van der Waals surface area contributed by atoms with Crippen LogP contribution in [0, 0.1) is 0 Å². The van der Waals surface area contributed by atoms with Crippen LogP contribution in [0.15, 0.2) is 33.5 Å². The Bertz CT molecular complexity index is 442. The zero-order valence-electron chi connectivity index (χ0n) is 8.40. The number of ketones is 1. The number of furan rings is 1. The average molecular weight is 205 g/mol. The van der Waals surface area contributed by atoms with Crippen LogP contribution in [-0.2, 0) is 17.6 Å². The third-order valence-corrected chi connectivity index (χ3v) is 1.93. The fraction of sp³-hybridized carbons (Fsp3) is 0.273. The highest BCUT2D eigenvalue weighted by atomic mass is 16.4. The minimum Gasteiger partial charge on any atom is -0.469 e. The molecule has 2 aromatic heterocycles. The number of carbonyl (C=O) groups excluding carboxylic acids is 1. The molecule has 0 N–H and O–H groups in total. The van der Waals surface area contributed by atoms with Gasteiger partial charge in [0.15, 0.2) is 0 Å². The lowest BCUT2D eigenvalue weighted by molar-refractivity contribution is -0.116. The molecule has 4 heteroatoms. The monoisotopic (exact) mass is 205 g/mol. The van der Waals surface area contributed by atoms with E-state index in [-0.39, 0.29) is 5.78 Å². The molecule has 0 fully saturated rings. The van der Waals surface area contributed by atoms with E-state index in [1.165, 1.54) is 13.2 Å².